The van der Waals surface area contributed by atoms with Crippen LogP contribution in [0.15, 0.2) is 63.7 Å². The zero-order valence-electron chi connectivity index (χ0n) is 12.8. The molecule has 0 fully saturated rings. The fraction of sp³-hybridized carbons (Fsp3) is 0.0667. The molecular formula is C15H12F2N4O2S2. The van der Waals surface area contributed by atoms with Gasteiger partial charge in [0.05, 0.1) is 4.90 Å². The lowest BCUT2D eigenvalue weighted by Gasteiger charge is -2.09. The third-order valence-corrected chi connectivity index (χ3v) is 5.55. The van der Waals surface area contributed by atoms with E-state index < -0.39 is 26.6 Å². The van der Waals surface area contributed by atoms with Crippen LogP contribution in [0, 0.1) is 11.6 Å². The van der Waals surface area contributed by atoms with Gasteiger partial charge in [-0.25, -0.2) is 17.2 Å². The van der Waals surface area contributed by atoms with Crippen LogP contribution in [0.3, 0.4) is 0 Å². The summed E-state index contributed by atoms with van der Waals surface area (Å²) >= 11 is 1.36. The molecule has 130 valence electrons. The summed E-state index contributed by atoms with van der Waals surface area (Å²) in [6, 6.07) is 8.61. The lowest BCUT2D eigenvalue weighted by Crippen LogP contribution is -2.13. The number of aromatic nitrogens is 3. The van der Waals surface area contributed by atoms with Crippen LogP contribution >= 0.6 is 11.8 Å². The summed E-state index contributed by atoms with van der Waals surface area (Å²) in [5.41, 5.74) is 0.270. The van der Waals surface area contributed by atoms with E-state index in [4.69, 9.17) is 0 Å². The van der Waals surface area contributed by atoms with E-state index >= 15 is 0 Å². The average molecular weight is 382 g/mol. The van der Waals surface area contributed by atoms with E-state index in [1.165, 1.54) is 11.8 Å². The summed E-state index contributed by atoms with van der Waals surface area (Å²) in [7, 11) is -2.28. The van der Waals surface area contributed by atoms with Crippen LogP contribution in [0.2, 0.25) is 0 Å². The van der Waals surface area contributed by atoms with Gasteiger partial charge in [0, 0.05) is 23.7 Å². The number of aryl methyl sites for hydroxylation is 1. The van der Waals surface area contributed by atoms with Crippen LogP contribution in [0.5, 0.6) is 0 Å². The predicted octanol–water partition coefficient (Wildman–Crippen LogP) is 3.05. The van der Waals surface area contributed by atoms with Crippen molar-refractivity contribution in [3.63, 3.8) is 0 Å². The topological polar surface area (TPSA) is 76.9 Å². The van der Waals surface area contributed by atoms with Crippen molar-refractivity contribution < 1.29 is 17.2 Å². The molecule has 0 radical (unpaired) electrons. The highest BCUT2D eigenvalue weighted by atomic mass is 32.2. The molecule has 0 aliphatic carbocycles. The Labute approximate surface area is 147 Å². The normalized spacial score (nSPS) is 11.5. The van der Waals surface area contributed by atoms with Crippen LogP contribution in [0.4, 0.5) is 14.5 Å². The maximum Gasteiger partial charge on any atom is 0.262 e. The Hall–Kier alpha value is -2.46. The molecule has 2 aromatic carbocycles. The minimum absolute atomic E-state index is 0.270. The lowest BCUT2D eigenvalue weighted by molar-refractivity contribution is 0.568. The fourth-order valence-corrected chi connectivity index (χ4v) is 3.82. The first-order valence-corrected chi connectivity index (χ1v) is 9.24. The largest absolute Gasteiger partial charge is 0.311 e. The molecule has 0 aliphatic rings. The van der Waals surface area contributed by atoms with E-state index in [1.807, 2.05) is 7.05 Å². The van der Waals surface area contributed by atoms with Crippen molar-refractivity contribution in [3.05, 3.63) is 60.4 Å². The number of nitrogens with zero attached hydrogens (tertiary/aromatic N) is 3. The molecule has 0 saturated carbocycles. The number of benzene rings is 2. The molecule has 1 N–H and O–H groups in total. The minimum atomic E-state index is -4.09. The summed E-state index contributed by atoms with van der Waals surface area (Å²) in [5, 5.41) is 8.40. The number of nitrogens with one attached hydrogen (secondary N) is 1. The van der Waals surface area contributed by atoms with Crippen LogP contribution in [0.1, 0.15) is 0 Å². The van der Waals surface area contributed by atoms with E-state index in [0.29, 0.717) is 11.2 Å². The Morgan fingerprint density at radius 1 is 1.08 bits per heavy atom. The van der Waals surface area contributed by atoms with Gasteiger partial charge in [0.2, 0.25) is 0 Å². The molecule has 1 heterocycles. The molecule has 0 amide bonds. The van der Waals surface area contributed by atoms with Gasteiger partial charge in [-0.3, -0.25) is 4.72 Å². The van der Waals surface area contributed by atoms with E-state index in [1.54, 1.807) is 35.2 Å². The second-order valence-corrected chi connectivity index (χ2v) is 7.78. The molecule has 25 heavy (non-hydrogen) atoms. The van der Waals surface area contributed by atoms with E-state index in [-0.39, 0.29) is 5.69 Å². The third-order valence-electron chi connectivity index (χ3n) is 3.13. The van der Waals surface area contributed by atoms with Crippen molar-refractivity contribution in [2.45, 2.75) is 14.9 Å². The van der Waals surface area contributed by atoms with Crippen molar-refractivity contribution >= 4 is 27.5 Å². The Morgan fingerprint density at radius 2 is 1.72 bits per heavy atom. The second kappa shape index (κ2) is 6.81. The maximum absolute atomic E-state index is 13.2. The van der Waals surface area contributed by atoms with Crippen LogP contribution in [-0.4, -0.2) is 23.2 Å². The standard InChI is InChI=1S/C15H12F2N4O2S2/c1-21-9-18-19-15(21)24-13-4-2-12(3-5-13)20-25(22,23)14-7-10(16)6-11(17)8-14/h2-9,20H,1H3. The molecular weight excluding hydrogens is 370 g/mol. The molecule has 0 atom stereocenters. The number of hydrogen-bond donors (Lipinski definition) is 1. The van der Waals surface area contributed by atoms with E-state index in [0.717, 1.165) is 17.0 Å². The number of halogens is 2. The molecule has 0 bridgehead atoms. The van der Waals surface area contributed by atoms with Crippen molar-refractivity contribution in [2.75, 3.05) is 4.72 Å². The average Bonchev–Trinajstić information content (AvgIpc) is 2.93. The summed E-state index contributed by atoms with van der Waals surface area (Å²) in [4.78, 5) is 0.346. The highest BCUT2D eigenvalue weighted by molar-refractivity contribution is 7.99. The van der Waals surface area contributed by atoms with Gasteiger partial charge in [-0.1, -0.05) is 0 Å². The molecule has 3 rings (SSSR count). The summed E-state index contributed by atoms with van der Waals surface area (Å²) in [6.07, 6.45) is 1.57. The van der Waals surface area contributed by atoms with Gasteiger partial charge in [-0.15, -0.1) is 10.2 Å². The fourth-order valence-electron chi connectivity index (χ4n) is 1.96. The van der Waals surface area contributed by atoms with Gasteiger partial charge in [0.25, 0.3) is 10.0 Å². The number of rotatable bonds is 5. The van der Waals surface area contributed by atoms with Gasteiger partial charge < -0.3 is 4.57 Å². The molecule has 0 spiro atoms. The Kier molecular flexibility index (Phi) is 4.73. The second-order valence-electron chi connectivity index (χ2n) is 5.06. The first-order chi connectivity index (χ1) is 11.8. The Bertz CT molecular complexity index is 984. The molecule has 3 aromatic rings. The number of anilines is 1. The number of hydrogen-bond acceptors (Lipinski definition) is 5. The SMILES string of the molecule is Cn1cnnc1Sc1ccc(NS(=O)(=O)c2cc(F)cc(F)c2)cc1. The van der Waals surface area contributed by atoms with Crippen molar-refractivity contribution in [1.82, 2.24) is 14.8 Å². The van der Waals surface area contributed by atoms with Gasteiger partial charge in [0.1, 0.15) is 18.0 Å². The minimum Gasteiger partial charge on any atom is -0.311 e. The molecule has 0 unspecified atom stereocenters. The monoisotopic (exact) mass is 382 g/mol. The van der Waals surface area contributed by atoms with E-state index in [9.17, 15) is 17.2 Å². The van der Waals surface area contributed by atoms with E-state index in [2.05, 4.69) is 14.9 Å². The molecule has 10 heteroatoms. The molecule has 0 saturated heterocycles. The zero-order valence-corrected chi connectivity index (χ0v) is 14.5. The van der Waals surface area contributed by atoms with Gasteiger partial charge >= 0.3 is 0 Å². The molecule has 6 nitrogen and oxygen atoms in total. The highest BCUT2D eigenvalue weighted by Gasteiger charge is 2.16. The van der Waals surface area contributed by atoms with Crippen molar-refractivity contribution in [1.29, 1.82) is 0 Å². The quantitative estimate of drug-likeness (QED) is 0.734. The zero-order chi connectivity index (χ0) is 18.0. The first-order valence-electron chi connectivity index (χ1n) is 6.94. The maximum atomic E-state index is 13.2. The predicted molar refractivity (Wildman–Crippen MR) is 88.7 cm³/mol. The molecule has 1 aromatic heterocycles. The summed E-state index contributed by atoms with van der Waals surface area (Å²) < 4.78 is 54.9. The van der Waals surface area contributed by atoms with Crippen LogP contribution in [0.25, 0.3) is 0 Å². The van der Waals surface area contributed by atoms with Crippen LogP contribution < -0.4 is 4.72 Å². The van der Waals surface area contributed by atoms with Gasteiger partial charge in [0.15, 0.2) is 5.16 Å². The van der Waals surface area contributed by atoms with Gasteiger partial charge in [-0.2, -0.15) is 0 Å². The lowest BCUT2D eigenvalue weighted by atomic mass is 10.3. The first kappa shape index (κ1) is 17.4. The summed E-state index contributed by atoms with van der Waals surface area (Å²) in [5.74, 6) is -1.92. The van der Waals surface area contributed by atoms with Crippen molar-refractivity contribution in [2.24, 2.45) is 7.05 Å². The third kappa shape index (κ3) is 4.15. The smallest absolute Gasteiger partial charge is 0.262 e. The highest BCUT2D eigenvalue weighted by Crippen LogP contribution is 2.27. The Balaban J connectivity index is 1.77. The van der Waals surface area contributed by atoms with Crippen molar-refractivity contribution in [3.8, 4) is 0 Å². The number of sulfonamides is 1. The summed E-state index contributed by atoms with van der Waals surface area (Å²) in [6.45, 7) is 0. The van der Waals surface area contributed by atoms with Crippen LogP contribution in [-0.2, 0) is 17.1 Å². The molecule has 0 aliphatic heterocycles. The Morgan fingerprint density at radius 3 is 2.28 bits per heavy atom. The van der Waals surface area contributed by atoms with Gasteiger partial charge in [-0.05, 0) is 48.2 Å².